The predicted molar refractivity (Wildman–Crippen MR) is 103 cm³/mol. The number of carbonyl (C=O) groups is 1. The highest BCUT2D eigenvalue weighted by Crippen LogP contribution is 2.32. The van der Waals surface area contributed by atoms with Gasteiger partial charge in [0, 0.05) is 17.7 Å². The van der Waals surface area contributed by atoms with E-state index in [0.717, 1.165) is 25.7 Å². The van der Waals surface area contributed by atoms with Gasteiger partial charge in [-0.15, -0.1) is 0 Å². The number of hydrogen-bond donors (Lipinski definition) is 0. The summed E-state index contributed by atoms with van der Waals surface area (Å²) >= 11 is 0. The second-order valence-corrected chi connectivity index (χ2v) is 7.02. The summed E-state index contributed by atoms with van der Waals surface area (Å²) in [5, 5.41) is 4.03. The smallest absolute Gasteiger partial charge is 0.254 e. The van der Waals surface area contributed by atoms with E-state index >= 15 is 0 Å². The molecule has 0 N–H and O–H groups in total. The Morgan fingerprint density at radius 1 is 1.14 bits per heavy atom. The molecular weight excluding hydrogens is 357 g/mol. The molecule has 144 valence electrons. The molecule has 4 rings (SSSR count). The van der Waals surface area contributed by atoms with Gasteiger partial charge in [0.2, 0.25) is 11.7 Å². The highest BCUT2D eigenvalue weighted by atomic mass is 19.1. The van der Waals surface area contributed by atoms with Crippen LogP contribution in [0.3, 0.4) is 0 Å². The molecule has 0 radical (unpaired) electrons. The lowest BCUT2D eigenvalue weighted by Gasteiger charge is -2.33. The molecule has 0 bridgehead atoms. The van der Waals surface area contributed by atoms with Crippen molar-refractivity contribution in [3.05, 3.63) is 71.4 Å². The molecule has 3 aromatic rings. The molecule has 2 aromatic carbocycles. The maximum absolute atomic E-state index is 13.1. The standard InChI is InChI=1S/C22H22FN3O2/c1-2-15-6-8-17(9-7-15)22(27)26-14-4-3-5-19(26)21-24-20(25-28-21)16-10-12-18(23)13-11-16/h6-13,19H,2-5,14H2,1H3/t19-/m1/s1. The number of aryl methyl sites for hydroxylation is 1. The fourth-order valence-electron chi connectivity index (χ4n) is 3.57. The topological polar surface area (TPSA) is 59.2 Å². The van der Waals surface area contributed by atoms with Gasteiger partial charge in [-0.1, -0.05) is 24.2 Å². The van der Waals surface area contributed by atoms with E-state index in [2.05, 4.69) is 17.1 Å². The van der Waals surface area contributed by atoms with E-state index in [-0.39, 0.29) is 17.8 Å². The lowest BCUT2D eigenvalue weighted by atomic mass is 10.00. The monoisotopic (exact) mass is 379 g/mol. The first kappa shape index (κ1) is 18.3. The Hall–Kier alpha value is -3.02. The van der Waals surface area contributed by atoms with Crippen molar-refractivity contribution in [2.45, 2.75) is 38.6 Å². The number of nitrogens with zero attached hydrogens (tertiary/aromatic N) is 3. The molecule has 6 heteroatoms. The summed E-state index contributed by atoms with van der Waals surface area (Å²) in [5.74, 6) is 0.498. The Morgan fingerprint density at radius 3 is 2.61 bits per heavy atom. The summed E-state index contributed by atoms with van der Waals surface area (Å²) in [7, 11) is 0. The number of likely N-dealkylation sites (tertiary alicyclic amines) is 1. The molecule has 1 aromatic heterocycles. The summed E-state index contributed by atoms with van der Waals surface area (Å²) < 4.78 is 18.6. The third-order valence-corrected chi connectivity index (χ3v) is 5.20. The van der Waals surface area contributed by atoms with Crippen LogP contribution in [0.1, 0.15) is 54.0 Å². The van der Waals surface area contributed by atoms with Crippen LogP contribution in [0.2, 0.25) is 0 Å². The molecule has 0 aliphatic carbocycles. The van der Waals surface area contributed by atoms with E-state index in [1.807, 2.05) is 29.2 Å². The summed E-state index contributed by atoms with van der Waals surface area (Å²) in [4.78, 5) is 19.4. The van der Waals surface area contributed by atoms with Gasteiger partial charge in [0.25, 0.3) is 5.91 Å². The van der Waals surface area contributed by atoms with Crippen LogP contribution >= 0.6 is 0 Å². The average Bonchev–Trinajstić information content (AvgIpc) is 3.24. The lowest BCUT2D eigenvalue weighted by molar-refractivity contribution is 0.0561. The molecule has 2 heterocycles. The molecular formula is C22H22FN3O2. The van der Waals surface area contributed by atoms with Crippen molar-refractivity contribution in [1.82, 2.24) is 15.0 Å². The normalized spacial score (nSPS) is 16.9. The van der Waals surface area contributed by atoms with E-state index in [9.17, 15) is 9.18 Å². The van der Waals surface area contributed by atoms with Crippen LogP contribution in [-0.2, 0) is 6.42 Å². The van der Waals surface area contributed by atoms with Crippen molar-refractivity contribution in [1.29, 1.82) is 0 Å². The Balaban J connectivity index is 1.58. The summed E-state index contributed by atoms with van der Waals surface area (Å²) in [6, 6.07) is 13.5. The van der Waals surface area contributed by atoms with E-state index in [1.54, 1.807) is 12.1 Å². The van der Waals surface area contributed by atoms with Gasteiger partial charge >= 0.3 is 0 Å². The van der Waals surface area contributed by atoms with E-state index < -0.39 is 0 Å². The second kappa shape index (κ2) is 7.92. The van der Waals surface area contributed by atoms with Crippen molar-refractivity contribution >= 4 is 5.91 Å². The quantitative estimate of drug-likeness (QED) is 0.653. The molecule has 1 saturated heterocycles. The van der Waals surface area contributed by atoms with Crippen molar-refractivity contribution in [3.8, 4) is 11.4 Å². The van der Waals surface area contributed by atoms with Crippen molar-refractivity contribution < 1.29 is 13.7 Å². The fraction of sp³-hybridized carbons (Fsp3) is 0.318. The minimum atomic E-state index is -0.314. The van der Waals surface area contributed by atoms with Crippen molar-refractivity contribution in [3.63, 3.8) is 0 Å². The molecule has 28 heavy (non-hydrogen) atoms. The maximum Gasteiger partial charge on any atom is 0.254 e. The van der Waals surface area contributed by atoms with Gasteiger partial charge in [0.05, 0.1) is 0 Å². The Bertz CT molecular complexity index is 951. The van der Waals surface area contributed by atoms with Gasteiger partial charge in [-0.3, -0.25) is 4.79 Å². The first-order chi connectivity index (χ1) is 13.7. The number of carbonyl (C=O) groups excluding carboxylic acids is 1. The summed E-state index contributed by atoms with van der Waals surface area (Å²) in [6.45, 7) is 2.75. The average molecular weight is 379 g/mol. The molecule has 1 aliphatic heterocycles. The van der Waals surface area contributed by atoms with Crippen molar-refractivity contribution in [2.75, 3.05) is 6.54 Å². The van der Waals surface area contributed by atoms with Crippen LogP contribution in [0, 0.1) is 5.82 Å². The van der Waals surface area contributed by atoms with Crippen LogP contribution in [0.5, 0.6) is 0 Å². The molecule has 1 fully saturated rings. The van der Waals surface area contributed by atoms with Gasteiger partial charge < -0.3 is 9.42 Å². The third kappa shape index (κ3) is 3.67. The van der Waals surface area contributed by atoms with Gasteiger partial charge in [-0.2, -0.15) is 4.98 Å². The number of hydrogen-bond acceptors (Lipinski definition) is 4. The van der Waals surface area contributed by atoms with E-state index in [0.29, 0.717) is 29.4 Å². The van der Waals surface area contributed by atoms with Gasteiger partial charge in [-0.25, -0.2) is 4.39 Å². The molecule has 0 spiro atoms. The Morgan fingerprint density at radius 2 is 1.89 bits per heavy atom. The third-order valence-electron chi connectivity index (χ3n) is 5.20. The highest BCUT2D eigenvalue weighted by Gasteiger charge is 2.32. The van der Waals surface area contributed by atoms with E-state index in [1.165, 1.54) is 17.7 Å². The zero-order valence-corrected chi connectivity index (χ0v) is 15.8. The van der Waals surface area contributed by atoms with Gasteiger partial charge in [0.15, 0.2) is 0 Å². The van der Waals surface area contributed by atoms with Crippen LogP contribution in [0.15, 0.2) is 53.1 Å². The minimum Gasteiger partial charge on any atom is -0.337 e. The first-order valence-corrected chi connectivity index (χ1v) is 9.65. The molecule has 1 amide bonds. The van der Waals surface area contributed by atoms with E-state index in [4.69, 9.17) is 4.52 Å². The molecule has 5 nitrogen and oxygen atoms in total. The number of benzene rings is 2. The lowest BCUT2D eigenvalue weighted by Crippen LogP contribution is -2.38. The SMILES string of the molecule is CCc1ccc(C(=O)N2CCCC[C@@H]2c2nc(-c3ccc(F)cc3)no2)cc1. The van der Waals surface area contributed by atoms with Crippen LogP contribution in [0.25, 0.3) is 11.4 Å². The molecule has 0 unspecified atom stereocenters. The number of piperidine rings is 1. The number of amides is 1. The predicted octanol–water partition coefficient (Wildman–Crippen LogP) is 4.81. The van der Waals surface area contributed by atoms with Gasteiger partial charge in [0.1, 0.15) is 11.9 Å². The Kier molecular flexibility index (Phi) is 5.19. The van der Waals surface area contributed by atoms with Crippen LogP contribution in [0.4, 0.5) is 4.39 Å². The van der Waals surface area contributed by atoms with Crippen LogP contribution < -0.4 is 0 Å². The first-order valence-electron chi connectivity index (χ1n) is 9.65. The number of rotatable bonds is 4. The number of aromatic nitrogens is 2. The second-order valence-electron chi connectivity index (χ2n) is 7.02. The highest BCUT2D eigenvalue weighted by molar-refractivity contribution is 5.94. The summed E-state index contributed by atoms with van der Waals surface area (Å²) in [5.41, 5.74) is 2.55. The molecule has 0 saturated carbocycles. The largest absolute Gasteiger partial charge is 0.337 e. The van der Waals surface area contributed by atoms with Crippen molar-refractivity contribution in [2.24, 2.45) is 0 Å². The molecule has 1 aliphatic rings. The number of halogens is 1. The maximum atomic E-state index is 13.1. The minimum absolute atomic E-state index is 0.0196. The van der Waals surface area contributed by atoms with Gasteiger partial charge in [-0.05, 0) is 67.6 Å². The zero-order chi connectivity index (χ0) is 19.5. The fourth-order valence-corrected chi connectivity index (χ4v) is 3.57. The summed E-state index contributed by atoms with van der Waals surface area (Å²) in [6.07, 6.45) is 3.67. The molecule has 1 atom stereocenters. The zero-order valence-electron chi connectivity index (χ0n) is 15.8. The van der Waals surface area contributed by atoms with Crippen LogP contribution in [-0.4, -0.2) is 27.5 Å². The Labute approximate surface area is 163 Å².